The van der Waals surface area contributed by atoms with Crippen molar-refractivity contribution in [1.82, 2.24) is 25.0 Å². The number of Topliss-reactive ketones (excluding diaryl/α,β-unsaturated/α-hetero) is 1. The van der Waals surface area contributed by atoms with Gasteiger partial charge in [-0.15, -0.1) is 23.4 Å². The van der Waals surface area contributed by atoms with Crippen molar-refractivity contribution in [2.75, 3.05) is 45.1 Å². The van der Waals surface area contributed by atoms with Crippen LogP contribution in [0, 0.1) is 6.92 Å². The van der Waals surface area contributed by atoms with Gasteiger partial charge in [-0.2, -0.15) is 0 Å². The van der Waals surface area contributed by atoms with Crippen molar-refractivity contribution in [3.63, 3.8) is 0 Å². The molecule has 37 heavy (non-hydrogen) atoms. The number of halogens is 3. The second-order valence-electron chi connectivity index (χ2n) is 8.62. The molecule has 2 aromatic heterocycles. The van der Waals surface area contributed by atoms with Gasteiger partial charge in [-0.05, 0) is 44.3 Å². The predicted molar refractivity (Wildman–Crippen MR) is 132 cm³/mol. The number of anilines is 1. The van der Waals surface area contributed by atoms with Gasteiger partial charge >= 0.3 is 6.36 Å². The van der Waals surface area contributed by atoms with Gasteiger partial charge in [-0.3, -0.25) is 19.5 Å². The summed E-state index contributed by atoms with van der Waals surface area (Å²) in [6.45, 7) is 4.75. The van der Waals surface area contributed by atoms with Crippen molar-refractivity contribution < 1.29 is 27.5 Å². The van der Waals surface area contributed by atoms with Crippen LogP contribution in [0.4, 0.5) is 18.9 Å². The summed E-state index contributed by atoms with van der Waals surface area (Å²) in [6, 6.07) is 7.07. The van der Waals surface area contributed by atoms with E-state index in [9.17, 15) is 22.8 Å². The van der Waals surface area contributed by atoms with E-state index >= 15 is 0 Å². The zero-order chi connectivity index (χ0) is 26.6. The second kappa shape index (κ2) is 11.3. The molecule has 1 saturated heterocycles. The molecule has 3 heterocycles. The molecule has 1 fully saturated rings. The number of benzene rings is 1. The number of ether oxygens (including phenoxy) is 1. The second-order valence-corrected chi connectivity index (χ2v) is 9.69. The van der Waals surface area contributed by atoms with Gasteiger partial charge in [0, 0.05) is 49.2 Å². The number of nitrogens with zero attached hydrogens (tertiary/aromatic N) is 5. The molecular weight excluding hydrogens is 509 g/mol. The Labute approximate surface area is 215 Å². The Balaban J connectivity index is 1.49. The molecule has 9 nitrogen and oxygen atoms in total. The first-order valence-corrected chi connectivity index (χ1v) is 12.3. The van der Waals surface area contributed by atoms with Crippen LogP contribution < -0.4 is 10.1 Å². The Bertz CT molecular complexity index is 1270. The average Bonchev–Trinajstić information content (AvgIpc) is 3.29. The topological polar surface area (TPSA) is 101 Å². The highest BCUT2D eigenvalue weighted by Gasteiger charge is 2.33. The molecule has 1 N–H and O–H groups in total. The van der Waals surface area contributed by atoms with E-state index in [0.717, 1.165) is 30.4 Å². The van der Waals surface area contributed by atoms with Crippen LogP contribution in [0.1, 0.15) is 21.1 Å². The van der Waals surface area contributed by atoms with Gasteiger partial charge < -0.3 is 15.0 Å². The molecule has 0 spiro atoms. The highest BCUT2D eigenvalue weighted by atomic mass is 32.1. The first kappa shape index (κ1) is 26.6. The fraction of sp³-hybridized carbons (Fsp3) is 0.375. The van der Waals surface area contributed by atoms with Crippen molar-refractivity contribution >= 4 is 28.7 Å². The maximum atomic E-state index is 13.0. The maximum Gasteiger partial charge on any atom is 0.573 e. The number of carbonyl (C=O) groups is 2. The number of aromatic nitrogens is 3. The van der Waals surface area contributed by atoms with Gasteiger partial charge in [0.2, 0.25) is 5.91 Å². The monoisotopic (exact) mass is 534 g/mol. The van der Waals surface area contributed by atoms with Gasteiger partial charge in [0.05, 0.1) is 18.7 Å². The Kier molecular flexibility index (Phi) is 8.15. The summed E-state index contributed by atoms with van der Waals surface area (Å²) in [6.07, 6.45) is -3.40. The maximum absolute atomic E-state index is 13.0. The lowest BCUT2D eigenvalue weighted by Crippen LogP contribution is -2.47. The highest BCUT2D eigenvalue weighted by Crippen LogP contribution is 2.32. The smallest absolute Gasteiger partial charge is 0.404 e. The van der Waals surface area contributed by atoms with Crippen LogP contribution in [0.5, 0.6) is 5.75 Å². The molecule has 1 aliphatic rings. The molecule has 0 bridgehead atoms. The number of ketones is 1. The fourth-order valence-corrected chi connectivity index (χ4v) is 4.71. The van der Waals surface area contributed by atoms with Gasteiger partial charge in [-0.1, -0.05) is 11.3 Å². The van der Waals surface area contributed by atoms with Crippen LogP contribution >= 0.6 is 11.3 Å². The Morgan fingerprint density at radius 3 is 2.59 bits per heavy atom. The molecular formula is C24H25F3N6O3S. The van der Waals surface area contributed by atoms with E-state index in [2.05, 4.69) is 30.1 Å². The summed E-state index contributed by atoms with van der Waals surface area (Å²) in [7, 11) is 1.98. The SMILES string of the molecule is Cc1ncccc1-c1nnc(CC(=O)c2ccc(OC(F)(F)F)c(NC(=O)CN3CCN(C)CC3)c2)s1. The van der Waals surface area contributed by atoms with Crippen molar-refractivity contribution in [2.24, 2.45) is 0 Å². The van der Waals surface area contributed by atoms with Gasteiger partial charge in [0.1, 0.15) is 10.0 Å². The van der Waals surface area contributed by atoms with Crippen LogP contribution in [0.2, 0.25) is 0 Å². The molecule has 1 aliphatic heterocycles. The third-order valence-corrected chi connectivity index (χ3v) is 6.74. The zero-order valence-corrected chi connectivity index (χ0v) is 21.0. The van der Waals surface area contributed by atoms with Crippen LogP contribution in [0.15, 0.2) is 36.5 Å². The largest absolute Gasteiger partial charge is 0.573 e. The summed E-state index contributed by atoms with van der Waals surface area (Å²) in [4.78, 5) is 33.8. The molecule has 13 heteroatoms. The molecule has 0 atom stereocenters. The minimum Gasteiger partial charge on any atom is -0.404 e. The number of piperazine rings is 1. The molecule has 196 valence electrons. The lowest BCUT2D eigenvalue weighted by atomic mass is 10.1. The molecule has 0 aliphatic carbocycles. The molecule has 4 rings (SSSR count). The summed E-state index contributed by atoms with van der Waals surface area (Å²) in [5.74, 6) is -1.48. The molecule has 0 radical (unpaired) electrons. The summed E-state index contributed by atoms with van der Waals surface area (Å²) in [5, 5.41) is 11.7. The van der Waals surface area contributed by atoms with Crippen molar-refractivity contribution in [3.05, 3.63) is 52.8 Å². The van der Waals surface area contributed by atoms with E-state index in [-0.39, 0.29) is 24.2 Å². The Morgan fingerprint density at radius 1 is 1.14 bits per heavy atom. The standard InChI is InChI=1S/C24H25F3N6O3S/c1-15-17(4-3-7-28-15)23-31-30-22(37-23)13-19(34)16-5-6-20(36-24(25,26)27)18(12-16)29-21(35)14-33-10-8-32(2)9-11-33/h3-7,12H,8-11,13-14H2,1-2H3,(H,29,35). The van der Waals surface area contributed by atoms with E-state index in [1.807, 2.05) is 24.9 Å². The number of likely N-dealkylation sites (N-methyl/N-ethyl adjacent to an activating group) is 1. The third kappa shape index (κ3) is 7.31. The number of hydrogen-bond donors (Lipinski definition) is 1. The molecule has 0 saturated carbocycles. The molecule has 3 aromatic rings. The van der Waals surface area contributed by atoms with Crippen molar-refractivity contribution in [2.45, 2.75) is 19.7 Å². The lowest BCUT2D eigenvalue weighted by Gasteiger charge is -2.31. The number of carbonyl (C=O) groups excluding carboxylic acids is 2. The number of rotatable bonds is 8. The summed E-state index contributed by atoms with van der Waals surface area (Å²) < 4.78 is 42.9. The van der Waals surface area contributed by atoms with Crippen LogP contribution in [-0.2, 0) is 11.2 Å². The first-order chi connectivity index (χ1) is 17.6. The van der Waals surface area contributed by atoms with Crippen molar-refractivity contribution in [1.29, 1.82) is 0 Å². The fourth-order valence-electron chi connectivity index (χ4n) is 3.80. The van der Waals surface area contributed by atoms with E-state index in [1.54, 1.807) is 12.3 Å². The van der Waals surface area contributed by atoms with E-state index < -0.39 is 23.8 Å². The number of aryl methyl sites for hydroxylation is 1. The van der Waals surface area contributed by atoms with E-state index in [1.165, 1.54) is 23.5 Å². The highest BCUT2D eigenvalue weighted by molar-refractivity contribution is 7.14. The van der Waals surface area contributed by atoms with Crippen LogP contribution in [0.3, 0.4) is 0 Å². The summed E-state index contributed by atoms with van der Waals surface area (Å²) in [5.41, 5.74) is 1.46. The lowest BCUT2D eigenvalue weighted by molar-refractivity contribution is -0.274. The minimum absolute atomic E-state index is 0.0127. The van der Waals surface area contributed by atoms with Crippen molar-refractivity contribution in [3.8, 4) is 16.3 Å². The summed E-state index contributed by atoms with van der Waals surface area (Å²) >= 11 is 1.23. The van der Waals surface area contributed by atoms with Gasteiger partial charge in [0.25, 0.3) is 0 Å². The number of alkyl halides is 3. The van der Waals surface area contributed by atoms with E-state index in [4.69, 9.17) is 0 Å². The van der Waals surface area contributed by atoms with Crippen LogP contribution in [0.25, 0.3) is 10.6 Å². The Hall–Kier alpha value is -3.42. The zero-order valence-electron chi connectivity index (χ0n) is 20.2. The first-order valence-electron chi connectivity index (χ1n) is 11.5. The molecule has 1 aromatic carbocycles. The van der Waals surface area contributed by atoms with Crippen LogP contribution in [-0.4, -0.2) is 82.8 Å². The van der Waals surface area contributed by atoms with Gasteiger partial charge in [0.15, 0.2) is 11.5 Å². The predicted octanol–water partition coefficient (Wildman–Crippen LogP) is 3.42. The number of hydrogen-bond acceptors (Lipinski definition) is 9. The molecule has 0 unspecified atom stereocenters. The minimum atomic E-state index is -4.96. The Morgan fingerprint density at radius 2 is 1.89 bits per heavy atom. The average molecular weight is 535 g/mol. The van der Waals surface area contributed by atoms with E-state index in [0.29, 0.717) is 23.1 Å². The number of amides is 1. The normalized spacial score (nSPS) is 14.9. The third-order valence-electron chi connectivity index (χ3n) is 5.78. The van der Waals surface area contributed by atoms with Gasteiger partial charge in [-0.25, -0.2) is 0 Å². The molecule has 1 amide bonds. The number of pyridine rings is 1. The number of nitrogens with one attached hydrogen (secondary N) is 1. The quantitative estimate of drug-likeness (QED) is 0.439.